The van der Waals surface area contributed by atoms with Gasteiger partial charge in [-0.05, 0) is 67.8 Å². The number of anilines is 2. The van der Waals surface area contributed by atoms with Gasteiger partial charge in [0.05, 0.1) is 31.0 Å². The maximum atomic E-state index is 12.9. The van der Waals surface area contributed by atoms with Crippen LogP contribution in [0, 0.1) is 13.8 Å². The smallest absolute Gasteiger partial charge is 0.255 e. The summed E-state index contributed by atoms with van der Waals surface area (Å²) in [4.78, 5) is 17.4. The molecule has 38 heavy (non-hydrogen) atoms. The van der Waals surface area contributed by atoms with Gasteiger partial charge in [0.1, 0.15) is 0 Å². The predicted molar refractivity (Wildman–Crippen MR) is 151 cm³/mol. The summed E-state index contributed by atoms with van der Waals surface area (Å²) in [6, 6.07) is 14.9. The molecule has 1 unspecified atom stereocenters. The molecule has 0 aliphatic rings. The molecule has 1 amide bonds. The largest absolute Gasteiger partial charge is 0.493 e. The maximum absolute atomic E-state index is 12.9. The Morgan fingerprint density at radius 3 is 2.37 bits per heavy atom. The molecule has 9 nitrogen and oxygen atoms in total. The van der Waals surface area contributed by atoms with Crippen LogP contribution in [0.2, 0.25) is 0 Å². The fraction of sp³-hybridized carbons (Fsp3) is 0.286. The number of carbonyl (C=O) groups is 1. The van der Waals surface area contributed by atoms with Crippen LogP contribution in [0.25, 0.3) is 10.2 Å². The zero-order valence-corrected chi connectivity index (χ0v) is 22.9. The third-order valence-corrected chi connectivity index (χ3v) is 6.89. The minimum absolute atomic E-state index is 0.185. The molecule has 0 aliphatic heterocycles. The van der Waals surface area contributed by atoms with E-state index in [4.69, 9.17) is 14.2 Å². The second kappa shape index (κ2) is 12.1. The molecule has 0 spiro atoms. The molecule has 1 atom stereocenters. The van der Waals surface area contributed by atoms with Gasteiger partial charge in [-0.15, -0.1) is 0 Å². The molecule has 4 N–H and O–H groups in total. The van der Waals surface area contributed by atoms with Crippen LogP contribution in [0.4, 0.5) is 10.8 Å². The molecule has 200 valence electrons. The van der Waals surface area contributed by atoms with E-state index in [9.17, 15) is 9.90 Å². The number of carbonyl (C=O) groups excluding carboxylic acids is 1. The second-order valence-corrected chi connectivity index (χ2v) is 9.64. The normalized spacial score (nSPS) is 11.7. The molecule has 0 saturated heterocycles. The first-order valence-electron chi connectivity index (χ1n) is 12.2. The van der Waals surface area contributed by atoms with Crippen LogP contribution >= 0.6 is 11.3 Å². The van der Waals surface area contributed by atoms with E-state index in [0.717, 1.165) is 32.6 Å². The van der Waals surface area contributed by atoms with Crippen molar-refractivity contribution in [1.29, 1.82) is 0 Å². The molecule has 0 aliphatic carbocycles. The van der Waals surface area contributed by atoms with Gasteiger partial charge in [0.2, 0.25) is 5.75 Å². The quantitative estimate of drug-likeness (QED) is 0.197. The number of nitrogens with zero attached hydrogens (tertiary/aromatic N) is 1. The molecular formula is C28H32N4O5S. The van der Waals surface area contributed by atoms with Crippen LogP contribution < -0.4 is 30.2 Å². The summed E-state index contributed by atoms with van der Waals surface area (Å²) in [7, 11) is 3.13. The molecule has 1 heterocycles. The summed E-state index contributed by atoms with van der Waals surface area (Å²) in [5.41, 5.74) is 4.94. The van der Waals surface area contributed by atoms with Crippen LogP contribution in [-0.2, 0) is 6.54 Å². The Hall–Kier alpha value is -3.86. The van der Waals surface area contributed by atoms with E-state index in [-0.39, 0.29) is 5.91 Å². The number of hydrogen-bond donors (Lipinski definition) is 4. The standard InChI is InChI=1S/C28H32N4O5S/c1-6-37-25-21(35-4)12-18(13-22(25)36-5)15-29-27(34)32-28-30-20-11-10-19(14-23(20)38-28)26(33)31-24-16(2)8-7-9-17(24)3/h7-14,27,29,34H,6,15H2,1-5H3,(H,30,32)(H,31,33). The van der Waals surface area contributed by atoms with Crippen LogP contribution in [0.5, 0.6) is 17.2 Å². The van der Waals surface area contributed by atoms with E-state index in [1.54, 1.807) is 32.4 Å². The van der Waals surface area contributed by atoms with Gasteiger partial charge in [0.15, 0.2) is 23.0 Å². The number of benzene rings is 3. The monoisotopic (exact) mass is 536 g/mol. The predicted octanol–water partition coefficient (Wildman–Crippen LogP) is 5.06. The number of amides is 1. The van der Waals surface area contributed by atoms with Gasteiger partial charge in [0, 0.05) is 17.8 Å². The van der Waals surface area contributed by atoms with Crippen molar-refractivity contribution in [2.24, 2.45) is 0 Å². The lowest BCUT2D eigenvalue weighted by Crippen LogP contribution is -2.35. The van der Waals surface area contributed by atoms with Crippen LogP contribution in [0.3, 0.4) is 0 Å². The number of methoxy groups -OCH3 is 2. The number of nitrogens with one attached hydrogen (secondary N) is 3. The Balaban J connectivity index is 1.41. The van der Waals surface area contributed by atoms with Crippen molar-refractivity contribution in [3.05, 3.63) is 70.8 Å². The Labute approximate surface area is 225 Å². The number of rotatable bonds is 11. The van der Waals surface area contributed by atoms with Crippen molar-refractivity contribution in [1.82, 2.24) is 10.3 Å². The van der Waals surface area contributed by atoms with E-state index in [1.807, 2.05) is 51.1 Å². The lowest BCUT2D eigenvalue weighted by Gasteiger charge is -2.17. The number of aromatic nitrogens is 1. The fourth-order valence-electron chi connectivity index (χ4n) is 4.03. The minimum Gasteiger partial charge on any atom is -0.493 e. The molecule has 0 bridgehead atoms. The fourth-order valence-corrected chi connectivity index (χ4v) is 4.96. The summed E-state index contributed by atoms with van der Waals surface area (Å²) in [6.45, 7) is 6.64. The number of aliphatic hydroxyl groups excluding tert-OH is 1. The maximum Gasteiger partial charge on any atom is 0.255 e. The number of thiazole rings is 1. The first-order chi connectivity index (χ1) is 18.3. The molecule has 4 rings (SSSR count). The number of aryl methyl sites for hydroxylation is 2. The van der Waals surface area contributed by atoms with Gasteiger partial charge in [-0.1, -0.05) is 29.5 Å². The van der Waals surface area contributed by atoms with Gasteiger partial charge in [-0.2, -0.15) is 0 Å². The molecule has 1 aromatic heterocycles. The molecule has 10 heteroatoms. The van der Waals surface area contributed by atoms with Crippen molar-refractivity contribution >= 4 is 38.3 Å². The summed E-state index contributed by atoms with van der Waals surface area (Å²) in [5, 5.41) is 20.0. The van der Waals surface area contributed by atoms with E-state index >= 15 is 0 Å². The number of aliphatic hydroxyl groups is 1. The summed E-state index contributed by atoms with van der Waals surface area (Å²) < 4.78 is 17.3. The average molecular weight is 537 g/mol. The van der Waals surface area contributed by atoms with Gasteiger partial charge < -0.3 is 30.0 Å². The summed E-state index contributed by atoms with van der Waals surface area (Å²) in [5.74, 6) is 1.45. The summed E-state index contributed by atoms with van der Waals surface area (Å²) in [6.07, 6.45) is -1.06. The molecule has 3 aromatic carbocycles. The molecule has 0 radical (unpaired) electrons. The first-order valence-corrected chi connectivity index (χ1v) is 13.0. The third kappa shape index (κ3) is 6.16. The highest BCUT2D eigenvalue weighted by molar-refractivity contribution is 7.22. The van der Waals surface area contributed by atoms with Gasteiger partial charge in [-0.25, -0.2) is 4.98 Å². The zero-order valence-electron chi connectivity index (χ0n) is 22.0. The Morgan fingerprint density at radius 2 is 1.74 bits per heavy atom. The van der Waals surface area contributed by atoms with Crippen LogP contribution in [0.15, 0.2) is 48.5 Å². The second-order valence-electron chi connectivity index (χ2n) is 8.61. The van der Waals surface area contributed by atoms with E-state index in [0.29, 0.717) is 41.1 Å². The van der Waals surface area contributed by atoms with Crippen LogP contribution in [-0.4, -0.2) is 43.2 Å². The van der Waals surface area contributed by atoms with Crippen molar-refractivity contribution < 1.29 is 24.1 Å². The van der Waals surface area contributed by atoms with Gasteiger partial charge in [-0.3, -0.25) is 10.1 Å². The Kier molecular flexibility index (Phi) is 8.67. The molecule has 0 fully saturated rings. The van der Waals surface area contributed by atoms with E-state index in [2.05, 4.69) is 20.9 Å². The van der Waals surface area contributed by atoms with Gasteiger partial charge >= 0.3 is 0 Å². The first kappa shape index (κ1) is 27.2. The topological polar surface area (TPSA) is 114 Å². The Bertz CT molecular complexity index is 1390. The SMILES string of the molecule is CCOc1c(OC)cc(CNC(O)Nc2nc3ccc(C(=O)Nc4c(C)cccc4C)cc3s2)cc1OC. The van der Waals surface area contributed by atoms with Crippen LogP contribution in [0.1, 0.15) is 34.0 Å². The summed E-state index contributed by atoms with van der Waals surface area (Å²) >= 11 is 1.35. The molecule has 0 saturated carbocycles. The number of hydrogen-bond acceptors (Lipinski definition) is 9. The highest BCUT2D eigenvalue weighted by atomic mass is 32.1. The van der Waals surface area contributed by atoms with Gasteiger partial charge in [0.25, 0.3) is 5.91 Å². The third-order valence-electron chi connectivity index (χ3n) is 5.94. The minimum atomic E-state index is -1.06. The average Bonchev–Trinajstić information content (AvgIpc) is 3.31. The van der Waals surface area contributed by atoms with E-state index in [1.165, 1.54) is 11.3 Å². The molecular weight excluding hydrogens is 504 g/mol. The van der Waals surface area contributed by atoms with Crippen molar-refractivity contribution in [3.63, 3.8) is 0 Å². The van der Waals surface area contributed by atoms with Crippen molar-refractivity contribution in [3.8, 4) is 17.2 Å². The zero-order chi connectivity index (χ0) is 27.2. The van der Waals surface area contributed by atoms with Crippen molar-refractivity contribution in [2.75, 3.05) is 31.5 Å². The molecule has 4 aromatic rings. The number of ether oxygens (including phenoxy) is 3. The number of fused-ring (bicyclic) bond motifs is 1. The number of para-hydroxylation sites is 1. The lowest BCUT2D eigenvalue weighted by molar-refractivity contribution is 0.102. The highest BCUT2D eigenvalue weighted by Gasteiger charge is 2.16. The van der Waals surface area contributed by atoms with E-state index < -0.39 is 6.35 Å². The Morgan fingerprint density at radius 1 is 1.05 bits per heavy atom. The van der Waals surface area contributed by atoms with Crippen molar-refractivity contribution in [2.45, 2.75) is 33.7 Å². The highest BCUT2D eigenvalue weighted by Crippen LogP contribution is 2.38. The lowest BCUT2D eigenvalue weighted by atomic mass is 10.1.